The van der Waals surface area contributed by atoms with Crippen molar-refractivity contribution in [3.8, 4) is 0 Å². The van der Waals surface area contributed by atoms with Gasteiger partial charge in [-0.2, -0.15) is 0 Å². The first kappa shape index (κ1) is 24.5. The second-order valence-corrected chi connectivity index (χ2v) is 7.85. The number of pyridine rings is 1. The number of likely N-dealkylation sites (tertiary alicyclic amines) is 1. The molecular formula is C23H26CsN5O2. The van der Waals surface area contributed by atoms with Crippen molar-refractivity contribution >= 4 is 33.6 Å². The summed E-state index contributed by atoms with van der Waals surface area (Å²) in [7, 11) is 0. The summed E-state index contributed by atoms with van der Waals surface area (Å²) in [5, 5.41) is 8.75. The molecule has 0 spiro atoms. The van der Waals surface area contributed by atoms with Gasteiger partial charge in [0.1, 0.15) is 5.82 Å². The summed E-state index contributed by atoms with van der Waals surface area (Å²) < 4.78 is 5.26. The predicted molar refractivity (Wildman–Crippen MR) is 118 cm³/mol. The van der Waals surface area contributed by atoms with Gasteiger partial charge in [-0.3, -0.25) is 9.69 Å². The van der Waals surface area contributed by atoms with E-state index in [1.807, 2.05) is 19.1 Å². The van der Waals surface area contributed by atoms with E-state index in [1.165, 1.54) is 18.5 Å². The third-order valence-electron chi connectivity index (χ3n) is 5.78. The van der Waals surface area contributed by atoms with E-state index >= 15 is 0 Å². The predicted octanol–water partition coefficient (Wildman–Crippen LogP) is 1.70. The van der Waals surface area contributed by atoms with Crippen molar-refractivity contribution in [3.05, 3.63) is 60.9 Å². The van der Waals surface area contributed by atoms with E-state index < -0.39 is 0 Å². The number of hydrogen-bond donors (Lipinski definition) is 2. The van der Waals surface area contributed by atoms with Gasteiger partial charge in [0.05, 0.1) is 11.2 Å². The summed E-state index contributed by atoms with van der Waals surface area (Å²) in [5.74, 6) is 0.282. The maximum Gasteiger partial charge on any atom is 1.00 e. The maximum atomic E-state index is 12.6. The van der Waals surface area contributed by atoms with Crippen LogP contribution in [0.25, 0.3) is 21.9 Å². The molecule has 2 N–H and O–H groups in total. The zero-order valence-corrected chi connectivity index (χ0v) is 24.8. The van der Waals surface area contributed by atoms with Gasteiger partial charge in [-0.15, -0.1) is 0 Å². The monoisotopic (exact) mass is 537 g/mol. The number of H-pyrrole nitrogens is 1. The van der Waals surface area contributed by atoms with Crippen LogP contribution in [0.2, 0.25) is 0 Å². The van der Waals surface area contributed by atoms with Crippen LogP contribution in [0.15, 0.2) is 41.1 Å². The third kappa shape index (κ3) is 5.11. The van der Waals surface area contributed by atoms with Crippen LogP contribution in [0.5, 0.6) is 0 Å². The normalized spacial score (nSPS) is 16.3. The number of benzene rings is 1. The molecule has 1 atom stereocenters. The fraction of sp³-hybridized carbons (Fsp3) is 0.304. The van der Waals surface area contributed by atoms with E-state index in [-0.39, 0.29) is 82.2 Å². The number of hydrogen-bond acceptors (Lipinski definition) is 5. The molecule has 0 aliphatic carbocycles. The van der Waals surface area contributed by atoms with Crippen LogP contribution in [-0.4, -0.2) is 38.5 Å². The van der Waals surface area contributed by atoms with Crippen LogP contribution < -0.4 is 74.2 Å². The molecule has 1 aromatic carbocycles. The molecule has 4 heterocycles. The summed E-state index contributed by atoms with van der Waals surface area (Å²) >= 11 is 0. The first-order valence-electron chi connectivity index (χ1n) is 9.96. The van der Waals surface area contributed by atoms with E-state index in [9.17, 15) is 4.79 Å². The Morgan fingerprint density at radius 3 is 2.94 bits per heavy atom. The third-order valence-corrected chi connectivity index (χ3v) is 5.78. The van der Waals surface area contributed by atoms with Crippen LogP contribution >= 0.6 is 0 Å². The summed E-state index contributed by atoms with van der Waals surface area (Å²) in [6, 6.07) is 9.96. The Kier molecular flexibility index (Phi) is 8.06. The molecule has 1 saturated heterocycles. The second kappa shape index (κ2) is 10.2. The van der Waals surface area contributed by atoms with Gasteiger partial charge < -0.3 is 22.3 Å². The summed E-state index contributed by atoms with van der Waals surface area (Å²) in [4.78, 5) is 23.0. The first-order valence-corrected chi connectivity index (χ1v) is 9.96. The largest absolute Gasteiger partial charge is 1.00 e. The summed E-state index contributed by atoms with van der Waals surface area (Å²) in [6.07, 6.45) is 4.32. The molecule has 5 rings (SSSR count). The van der Waals surface area contributed by atoms with Gasteiger partial charge in [-0.05, 0) is 57.5 Å². The Morgan fingerprint density at radius 1 is 1.32 bits per heavy atom. The smallest absolute Gasteiger partial charge is 0.358 e. The van der Waals surface area contributed by atoms with Crippen LogP contribution in [-0.2, 0) is 6.54 Å². The van der Waals surface area contributed by atoms with Gasteiger partial charge in [-0.1, -0.05) is 5.16 Å². The molecule has 3 aromatic heterocycles. The fourth-order valence-corrected chi connectivity index (χ4v) is 4.08. The Hall–Kier alpha value is -1.14. The molecule has 7 nitrogen and oxygen atoms in total. The molecule has 4 aromatic rings. The number of aromatic amines is 1. The Labute approximate surface area is 240 Å². The van der Waals surface area contributed by atoms with Crippen LogP contribution in [0.4, 0.5) is 5.82 Å². The number of aromatic nitrogens is 3. The van der Waals surface area contributed by atoms with Crippen LogP contribution in [0, 0.1) is 14.4 Å². The van der Waals surface area contributed by atoms with Crippen LogP contribution in [0.1, 0.15) is 41.5 Å². The number of anilines is 1. The van der Waals surface area contributed by atoms with Crippen molar-refractivity contribution in [2.24, 2.45) is 0 Å². The molecule has 1 aliphatic rings. The first-order chi connectivity index (χ1) is 14.1. The zero-order chi connectivity index (χ0) is 20.0. The van der Waals surface area contributed by atoms with Gasteiger partial charge in [0.2, 0.25) is 0 Å². The molecule has 156 valence electrons. The van der Waals surface area contributed by atoms with E-state index in [2.05, 4.69) is 38.3 Å². The zero-order valence-electron chi connectivity index (χ0n) is 18.5. The molecule has 1 amide bonds. The minimum absolute atomic E-state index is 0. The molecule has 31 heavy (non-hydrogen) atoms. The van der Waals surface area contributed by atoms with Crippen molar-refractivity contribution < 1.29 is 78.2 Å². The number of fused-ring (bicyclic) bond motifs is 2. The van der Waals surface area contributed by atoms with Gasteiger partial charge in [-0.25, -0.2) is 4.98 Å². The average molecular weight is 537 g/mol. The Balaban J connectivity index is 0.00000136. The number of nitrogens with one attached hydrogen (secondary N) is 2. The molecule has 8 heteroatoms. The number of carbonyl (C=O) groups is 1. The van der Waals surface area contributed by atoms with E-state index in [0.29, 0.717) is 23.0 Å². The Morgan fingerprint density at radius 2 is 2.16 bits per heavy atom. The number of amides is 1. The molecular weight excluding hydrogens is 511 g/mol. The van der Waals surface area contributed by atoms with E-state index in [1.54, 1.807) is 18.3 Å². The van der Waals surface area contributed by atoms with E-state index in [0.717, 1.165) is 35.1 Å². The van der Waals surface area contributed by atoms with Crippen molar-refractivity contribution in [2.75, 3.05) is 11.9 Å². The van der Waals surface area contributed by atoms with Crippen molar-refractivity contribution in [3.63, 3.8) is 0 Å². The molecule has 1 unspecified atom stereocenters. The standard InChI is InChI=1S/C22H23N5O2.CH3.Cs/c1-13-4-3-7-27(13)12-17-8-16-11-23-21(10-19(16)24-17)25-22(28)15-5-6-18-14(2)26-29-20(18)9-15;;/h5-6,8-11,13,24H,3-4,7,12H2,1-2H3,(H,23,25,28);1H3;/q;-1;+1. The maximum absolute atomic E-state index is 12.6. The van der Waals surface area contributed by atoms with E-state index in [4.69, 9.17) is 4.52 Å². The van der Waals surface area contributed by atoms with Crippen molar-refractivity contribution in [2.45, 2.75) is 39.3 Å². The molecule has 0 saturated carbocycles. The fourth-order valence-electron chi connectivity index (χ4n) is 4.08. The topological polar surface area (TPSA) is 87.0 Å². The molecule has 1 fully saturated rings. The second-order valence-electron chi connectivity index (χ2n) is 7.85. The minimum atomic E-state index is -0.231. The van der Waals surface area contributed by atoms with Crippen molar-refractivity contribution in [1.29, 1.82) is 0 Å². The molecule has 1 aliphatic heterocycles. The molecule has 0 radical (unpaired) electrons. The summed E-state index contributed by atoms with van der Waals surface area (Å²) in [6.45, 7) is 6.21. The van der Waals surface area contributed by atoms with Gasteiger partial charge in [0, 0.05) is 46.9 Å². The van der Waals surface area contributed by atoms with Gasteiger partial charge in [0.25, 0.3) is 5.91 Å². The number of aryl methyl sites for hydroxylation is 1. The SMILES string of the molecule is Cc1noc2cc(C(=O)Nc3cc4[nH]c(CN5CCCC5C)cc4cn3)ccc12.[CH3-].[Cs+]. The van der Waals surface area contributed by atoms with Crippen molar-refractivity contribution in [1.82, 2.24) is 20.0 Å². The van der Waals surface area contributed by atoms with Gasteiger partial charge >= 0.3 is 68.9 Å². The number of rotatable bonds is 4. The minimum Gasteiger partial charge on any atom is -0.358 e. The van der Waals surface area contributed by atoms with Gasteiger partial charge in [0.15, 0.2) is 5.58 Å². The number of nitrogens with zero attached hydrogens (tertiary/aromatic N) is 3. The Bertz CT molecular complexity index is 1220. The quantitative estimate of drug-likeness (QED) is 0.388. The average Bonchev–Trinajstić information content (AvgIpc) is 3.41. The molecule has 0 bridgehead atoms. The van der Waals surface area contributed by atoms with Crippen LogP contribution in [0.3, 0.4) is 0 Å². The number of carbonyl (C=O) groups excluding carboxylic acids is 1. The summed E-state index contributed by atoms with van der Waals surface area (Å²) in [5.41, 5.74) is 4.06.